The number of esters is 1. The highest BCUT2D eigenvalue weighted by Crippen LogP contribution is 2.24. The van der Waals surface area contributed by atoms with Gasteiger partial charge in [-0.3, -0.25) is 4.68 Å². The van der Waals surface area contributed by atoms with E-state index in [-0.39, 0.29) is 16.9 Å². The first-order chi connectivity index (χ1) is 8.08. The second-order valence-corrected chi connectivity index (χ2v) is 3.53. The number of benzene rings is 1. The monoisotopic (exact) mass is 230 g/mol. The summed E-state index contributed by atoms with van der Waals surface area (Å²) in [5.74, 6) is -0.510. The highest BCUT2D eigenvalue weighted by atomic mass is 16.5. The Morgan fingerprint density at radius 1 is 1.59 bits per heavy atom. The molecule has 2 N–H and O–H groups in total. The molecule has 6 heteroatoms. The van der Waals surface area contributed by atoms with Gasteiger partial charge in [0.15, 0.2) is 5.69 Å². The number of nitrogens with zero attached hydrogens (tertiary/aromatic N) is 3. The van der Waals surface area contributed by atoms with E-state index in [0.29, 0.717) is 10.9 Å². The second-order valence-electron chi connectivity index (χ2n) is 3.53. The Hall–Kier alpha value is -2.55. The normalized spacial score (nSPS) is 10.2. The van der Waals surface area contributed by atoms with Crippen LogP contribution in [-0.2, 0) is 11.8 Å². The smallest absolute Gasteiger partial charge is 0.340 e. The third-order valence-electron chi connectivity index (χ3n) is 2.53. The molecule has 0 fully saturated rings. The number of ether oxygens (including phenoxy) is 1. The molecule has 0 aliphatic carbocycles. The van der Waals surface area contributed by atoms with Gasteiger partial charge in [0.2, 0.25) is 0 Å². The van der Waals surface area contributed by atoms with Crippen LogP contribution >= 0.6 is 0 Å². The van der Waals surface area contributed by atoms with Crippen molar-refractivity contribution in [3.63, 3.8) is 0 Å². The van der Waals surface area contributed by atoms with Crippen molar-refractivity contribution in [1.29, 1.82) is 5.26 Å². The van der Waals surface area contributed by atoms with E-state index in [1.165, 1.54) is 11.8 Å². The van der Waals surface area contributed by atoms with Gasteiger partial charge in [0.25, 0.3) is 0 Å². The van der Waals surface area contributed by atoms with E-state index < -0.39 is 5.97 Å². The van der Waals surface area contributed by atoms with E-state index in [2.05, 4.69) is 9.84 Å². The molecule has 86 valence electrons. The molecule has 1 aromatic carbocycles. The average Bonchev–Trinajstić information content (AvgIpc) is 2.63. The summed E-state index contributed by atoms with van der Waals surface area (Å²) in [5.41, 5.74) is 7.24. The number of hydrogen-bond donors (Lipinski definition) is 1. The number of nitrogen functional groups attached to an aromatic ring is 1. The van der Waals surface area contributed by atoms with Crippen molar-refractivity contribution in [2.75, 3.05) is 12.8 Å². The fourth-order valence-corrected chi connectivity index (χ4v) is 1.69. The Bertz CT molecular complexity index is 652. The molecule has 17 heavy (non-hydrogen) atoms. The molecule has 1 aromatic heterocycles. The fourth-order valence-electron chi connectivity index (χ4n) is 1.69. The summed E-state index contributed by atoms with van der Waals surface area (Å²) in [6.07, 6.45) is 0. The van der Waals surface area contributed by atoms with Gasteiger partial charge in [-0.15, -0.1) is 0 Å². The lowest BCUT2D eigenvalue weighted by molar-refractivity contribution is 0.0602. The first-order valence-corrected chi connectivity index (χ1v) is 4.83. The van der Waals surface area contributed by atoms with E-state index >= 15 is 0 Å². The van der Waals surface area contributed by atoms with Gasteiger partial charge in [-0.25, -0.2) is 4.79 Å². The van der Waals surface area contributed by atoms with Crippen molar-refractivity contribution in [3.8, 4) is 6.07 Å². The molecule has 0 aliphatic heterocycles. The summed E-state index contributed by atoms with van der Waals surface area (Å²) < 4.78 is 6.15. The number of hydrogen-bond acceptors (Lipinski definition) is 5. The molecule has 0 saturated carbocycles. The quantitative estimate of drug-likeness (QED) is 0.578. The molecule has 0 aliphatic rings. The zero-order valence-electron chi connectivity index (χ0n) is 9.39. The summed E-state index contributed by atoms with van der Waals surface area (Å²) in [5, 5.41) is 13.6. The predicted molar refractivity (Wildman–Crippen MR) is 61.2 cm³/mol. The van der Waals surface area contributed by atoms with Crippen LogP contribution in [0, 0.1) is 11.3 Å². The fraction of sp³-hybridized carbons (Fsp3) is 0.182. The molecule has 6 nitrogen and oxygen atoms in total. The van der Waals surface area contributed by atoms with E-state index in [9.17, 15) is 4.79 Å². The highest BCUT2D eigenvalue weighted by molar-refractivity contribution is 6.01. The van der Waals surface area contributed by atoms with Gasteiger partial charge in [-0.2, -0.15) is 10.4 Å². The van der Waals surface area contributed by atoms with E-state index in [0.717, 1.165) is 0 Å². The molecular formula is C11H10N4O2. The molecule has 0 bridgehead atoms. The van der Waals surface area contributed by atoms with Crippen molar-refractivity contribution in [2.45, 2.75) is 0 Å². The number of fused-ring (bicyclic) bond motifs is 1. The number of aryl methyl sites for hydroxylation is 1. The van der Waals surface area contributed by atoms with Gasteiger partial charge in [0, 0.05) is 18.1 Å². The third kappa shape index (κ3) is 1.58. The highest BCUT2D eigenvalue weighted by Gasteiger charge is 2.15. The Kier molecular flexibility index (Phi) is 2.44. The van der Waals surface area contributed by atoms with E-state index in [1.807, 2.05) is 6.07 Å². The number of anilines is 1. The minimum Gasteiger partial charge on any atom is -0.465 e. The topological polar surface area (TPSA) is 93.9 Å². The zero-order chi connectivity index (χ0) is 12.6. The lowest BCUT2D eigenvalue weighted by Crippen LogP contribution is -2.05. The summed E-state index contributed by atoms with van der Waals surface area (Å²) >= 11 is 0. The number of nitriles is 1. The molecular weight excluding hydrogens is 220 g/mol. The number of nitrogens with two attached hydrogens (primary N) is 1. The largest absolute Gasteiger partial charge is 0.465 e. The molecule has 0 spiro atoms. The van der Waals surface area contributed by atoms with Crippen LogP contribution in [0.15, 0.2) is 12.1 Å². The van der Waals surface area contributed by atoms with Crippen LogP contribution in [0.5, 0.6) is 0 Å². The minimum atomic E-state index is -0.510. The first kappa shape index (κ1) is 11.0. The van der Waals surface area contributed by atoms with Crippen LogP contribution < -0.4 is 5.73 Å². The Labute approximate surface area is 97.2 Å². The van der Waals surface area contributed by atoms with Crippen LogP contribution in [0.4, 0.5) is 5.69 Å². The second kappa shape index (κ2) is 3.79. The van der Waals surface area contributed by atoms with Crippen LogP contribution in [0.25, 0.3) is 10.9 Å². The molecule has 2 aromatic rings. The first-order valence-electron chi connectivity index (χ1n) is 4.83. The molecule has 0 amide bonds. The van der Waals surface area contributed by atoms with Gasteiger partial charge in [0.1, 0.15) is 6.07 Å². The van der Waals surface area contributed by atoms with Crippen LogP contribution in [-0.4, -0.2) is 22.9 Å². The van der Waals surface area contributed by atoms with Crippen molar-refractivity contribution >= 4 is 22.6 Å². The van der Waals surface area contributed by atoms with Crippen LogP contribution in [0.2, 0.25) is 0 Å². The van der Waals surface area contributed by atoms with Crippen LogP contribution in [0.3, 0.4) is 0 Å². The van der Waals surface area contributed by atoms with Gasteiger partial charge in [-0.1, -0.05) is 0 Å². The maximum Gasteiger partial charge on any atom is 0.340 e. The Balaban J connectivity index is 2.78. The van der Waals surface area contributed by atoms with Crippen molar-refractivity contribution in [1.82, 2.24) is 9.78 Å². The Morgan fingerprint density at radius 2 is 2.29 bits per heavy atom. The maximum absolute atomic E-state index is 11.5. The zero-order valence-corrected chi connectivity index (χ0v) is 9.39. The van der Waals surface area contributed by atoms with Gasteiger partial charge in [-0.05, 0) is 12.1 Å². The Morgan fingerprint density at radius 3 is 2.88 bits per heavy atom. The molecule has 0 saturated heterocycles. The average molecular weight is 230 g/mol. The number of methoxy groups -OCH3 is 1. The SMILES string of the molecule is COC(=O)c1cc2c(cc1N)c(C#N)nn2C. The summed E-state index contributed by atoms with van der Waals surface area (Å²) in [6, 6.07) is 5.11. The third-order valence-corrected chi connectivity index (χ3v) is 2.53. The molecule has 2 rings (SSSR count). The standard InChI is InChI=1S/C11H10N4O2/c1-15-10-4-6(11(16)17-2)8(13)3-7(10)9(5-12)14-15/h3-4H,13H2,1-2H3. The van der Waals surface area contributed by atoms with Crippen molar-refractivity contribution < 1.29 is 9.53 Å². The molecule has 1 heterocycles. The van der Waals surface area contributed by atoms with Crippen molar-refractivity contribution in [2.24, 2.45) is 7.05 Å². The lowest BCUT2D eigenvalue weighted by atomic mass is 10.1. The minimum absolute atomic E-state index is 0.271. The van der Waals surface area contributed by atoms with Crippen molar-refractivity contribution in [3.05, 3.63) is 23.4 Å². The lowest BCUT2D eigenvalue weighted by Gasteiger charge is -2.04. The number of carbonyl (C=O) groups is 1. The van der Waals surface area contributed by atoms with E-state index in [4.69, 9.17) is 11.0 Å². The summed E-state index contributed by atoms with van der Waals surface area (Å²) in [6.45, 7) is 0. The number of aromatic nitrogens is 2. The predicted octanol–water partition coefficient (Wildman–Crippen LogP) is 0.814. The molecule has 0 radical (unpaired) electrons. The number of rotatable bonds is 1. The maximum atomic E-state index is 11.5. The summed E-state index contributed by atoms with van der Waals surface area (Å²) in [4.78, 5) is 11.5. The molecule has 0 unspecified atom stereocenters. The van der Waals surface area contributed by atoms with Gasteiger partial charge < -0.3 is 10.5 Å². The van der Waals surface area contributed by atoms with Crippen LogP contribution in [0.1, 0.15) is 16.1 Å². The van der Waals surface area contributed by atoms with Gasteiger partial charge in [0.05, 0.1) is 18.2 Å². The van der Waals surface area contributed by atoms with E-state index in [1.54, 1.807) is 19.2 Å². The number of carbonyl (C=O) groups excluding carboxylic acids is 1. The summed E-state index contributed by atoms with van der Waals surface area (Å²) in [7, 11) is 2.98. The van der Waals surface area contributed by atoms with Gasteiger partial charge >= 0.3 is 5.97 Å². The molecule has 0 atom stereocenters.